The predicted molar refractivity (Wildman–Crippen MR) is 108 cm³/mol. The fourth-order valence-electron chi connectivity index (χ4n) is 2.68. The molecule has 0 unspecified atom stereocenters. The molecule has 0 aliphatic carbocycles. The van der Waals surface area contributed by atoms with Gasteiger partial charge in [-0.25, -0.2) is 4.68 Å². The van der Waals surface area contributed by atoms with Gasteiger partial charge >= 0.3 is 0 Å². The topological polar surface area (TPSA) is 84.3 Å². The number of benzene rings is 2. The number of carbonyl (C=O) groups excluding carboxylic acids is 2. The summed E-state index contributed by atoms with van der Waals surface area (Å²) in [6.45, 7) is 3.23. The van der Waals surface area contributed by atoms with Crippen LogP contribution >= 0.6 is 0 Å². The minimum Gasteiger partial charge on any atom is -0.320 e. The molecule has 7 nitrogen and oxygen atoms in total. The van der Waals surface area contributed by atoms with Gasteiger partial charge in [-0.05, 0) is 43.3 Å². The fourth-order valence-corrected chi connectivity index (χ4v) is 2.68. The van der Waals surface area contributed by atoms with E-state index in [0.717, 1.165) is 5.69 Å². The monoisotopic (exact) mass is 376 g/mol. The molecule has 0 fully saturated rings. The van der Waals surface area contributed by atoms with Gasteiger partial charge in [0.25, 0.3) is 5.91 Å². The third kappa shape index (κ3) is 3.98. The van der Waals surface area contributed by atoms with Crippen LogP contribution in [0.15, 0.2) is 65.5 Å². The van der Waals surface area contributed by atoms with E-state index in [1.54, 1.807) is 42.9 Å². The third-order valence-corrected chi connectivity index (χ3v) is 4.31. The molecule has 1 aromatic heterocycles. The van der Waals surface area contributed by atoms with Gasteiger partial charge in [0.05, 0.1) is 5.69 Å². The SMILES string of the molecule is CC(=O)N(C)c1ccc(NC(=O)c2nn(-c3ccccc3)c(C)cc2=O)cc1. The van der Waals surface area contributed by atoms with Crippen molar-refractivity contribution in [2.75, 3.05) is 17.3 Å². The van der Waals surface area contributed by atoms with Crippen molar-refractivity contribution in [3.8, 4) is 5.69 Å². The molecular weight excluding hydrogens is 356 g/mol. The second-order valence-electron chi connectivity index (χ2n) is 6.32. The highest BCUT2D eigenvalue weighted by molar-refractivity contribution is 6.03. The van der Waals surface area contributed by atoms with Crippen molar-refractivity contribution < 1.29 is 9.59 Å². The second kappa shape index (κ2) is 7.87. The van der Waals surface area contributed by atoms with Crippen LogP contribution in [-0.4, -0.2) is 28.6 Å². The Morgan fingerprint density at radius 3 is 2.29 bits per heavy atom. The first-order chi connectivity index (χ1) is 13.4. The molecule has 0 radical (unpaired) electrons. The van der Waals surface area contributed by atoms with E-state index < -0.39 is 11.3 Å². The first kappa shape index (κ1) is 19.0. The average molecular weight is 376 g/mol. The highest BCUT2D eigenvalue weighted by atomic mass is 16.2. The minimum atomic E-state index is -0.595. The van der Waals surface area contributed by atoms with E-state index in [9.17, 15) is 14.4 Å². The molecule has 0 atom stereocenters. The zero-order valence-corrected chi connectivity index (χ0v) is 15.8. The third-order valence-electron chi connectivity index (χ3n) is 4.31. The summed E-state index contributed by atoms with van der Waals surface area (Å²) in [6.07, 6.45) is 0. The fraction of sp³-hybridized carbons (Fsp3) is 0.143. The largest absolute Gasteiger partial charge is 0.320 e. The number of amides is 2. The van der Waals surface area contributed by atoms with Crippen molar-refractivity contribution in [3.63, 3.8) is 0 Å². The van der Waals surface area contributed by atoms with Crippen molar-refractivity contribution in [1.82, 2.24) is 9.78 Å². The lowest BCUT2D eigenvalue weighted by Crippen LogP contribution is -2.27. The molecule has 0 bridgehead atoms. The van der Waals surface area contributed by atoms with Crippen LogP contribution in [0.5, 0.6) is 0 Å². The normalized spacial score (nSPS) is 10.4. The molecule has 0 saturated carbocycles. The summed E-state index contributed by atoms with van der Waals surface area (Å²) in [7, 11) is 1.66. The molecule has 1 N–H and O–H groups in total. The van der Waals surface area contributed by atoms with Crippen LogP contribution in [0, 0.1) is 6.92 Å². The zero-order valence-electron chi connectivity index (χ0n) is 15.8. The summed E-state index contributed by atoms with van der Waals surface area (Å²) in [5.41, 5.74) is 1.94. The molecule has 2 aromatic carbocycles. The summed E-state index contributed by atoms with van der Waals surface area (Å²) in [5, 5.41) is 6.92. The van der Waals surface area contributed by atoms with Gasteiger partial charge in [-0.3, -0.25) is 14.4 Å². The number of rotatable bonds is 4. The number of nitrogens with one attached hydrogen (secondary N) is 1. The lowest BCUT2D eigenvalue weighted by atomic mass is 10.2. The highest BCUT2D eigenvalue weighted by Gasteiger charge is 2.16. The number of para-hydroxylation sites is 1. The average Bonchev–Trinajstić information content (AvgIpc) is 2.68. The van der Waals surface area contributed by atoms with Gasteiger partial charge in [0.2, 0.25) is 11.3 Å². The molecule has 142 valence electrons. The quantitative estimate of drug-likeness (QED) is 0.759. The van der Waals surface area contributed by atoms with Crippen LogP contribution in [-0.2, 0) is 4.79 Å². The van der Waals surface area contributed by atoms with Crippen LogP contribution in [0.3, 0.4) is 0 Å². The van der Waals surface area contributed by atoms with Crippen molar-refractivity contribution in [2.24, 2.45) is 0 Å². The Kier molecular flexibility index (Phi) is 5.35. The Morgan fingerprint density at radius 1 is 1.04 bits per heavy atom. The molecule has 0 aliphatic rings. The first-order valence-corrected chi connectivity index (χ1v) is 8.69. The van der Waals surface area contributed by atoms with E-state index in [1.165, 1.54) is 17.9 Å². The Bertz CT molecular complexity index is 1070. The van der Waals surface area contributed by atoms with Gasteiger partial charge in [-0.1, -0.05) is 18.2 Å². The number of nitrogens with zero attached hydrogens (tertiary/aromatic N) is 3. The van der Waals surface area contributed by atoms with Crippen molar-refractivity contribution >= 4 is 23.2 Å². The Morgan fingerprint density at radius 2 is 1.68 bits per heavy atom. The van der Waals surface area contributed by atoms with E-state index in [0.29, 0.717) is 17.1 Å². The number of carbonyl (C=O) groups is 2. The molecule has 3 rings (SSSR count). The number of hydrogen-bond acceptors (Lipinski definition) is 4. The number of hydrogen-bond donors (Lipinski definition) is 1. The molecule has 2 amide bonds. The lowest BCUT2D eigenvalue weighted by molar-refractivity contribution is -0.116. The first-order valence-electron chi connectivity index (χ1n) is 8.69. The maximum atomic E-state index is 12.6. The Labute approximate surface area is 162 Å². The smallest absolute Gasteiger partial charge is 0.280 e. The minimum absolute atomic E-state index is 0.0953. The number of aryl methyl sites for hydroxylation is 1. The van der Waals surface area contributed by atoms with Gasteiger partial charge in [-0.2, -0.15) is 5.10 Å². The highest BCUT2D eigenvalue weighted by Crippen LogP contribution is 2.17. The number of aromatic nitrogens is 2. The van der Waals surface area contributed by atoms with Gasteiger partial charge in [-0.15, -0.1) is 0 Å². The zero-order chi connectivity index (χ0) is 20.3. The van der Waals surface area contributed by atoms with Crippen molar-refractivity contribution in [1.29, 1.82) is 0 Å². The summed E-state index contributed by atoms with van der Waals surface area (Å²) >= 11 is 0. The number of anilines is 2. The standard InChI is InChI=1S/C21H20N4O3/c1-14-13-19(27)20(23-25(14)18-7-5-4-6-8-18)21(28)22-16-9-11-17(12-10-16)24(3)15(2)26/h4-13H,1-3H3,(H,22,28). The lowest BCUT2D eigenvalue weighted by Gasteiger charge is -2.15. The Balaban J connectivity index is 1.87. The van der Waals surface area contributed by atoms with Crippen molar-refractivity contribution in [2.45, 2.75) is 13.8 Å². The second-order valence-corrected chi connectivity index (χ2v) is 6.32. The van der Waals surface area contributed by atoms with Gasteiger partial charge in [0, 0.05) is 37.1 Å². The predicted octanol–water partition coefficient (Wildman–Crippen LogP) is 2.78. The van der Waals surface area contributed by atoms with Gasteiger partial charge in [0.1, 0.15) is 0 Å². The van der Waals surface area contributed by atoms with Crippen LogP contribution in [0.4, 0.5) is 11.4 Å². The van der Waals surface area contributed by atoms with E-state index >= 15 is 0 Å². The Hall–Kier alpha value is -3.74. The summed E-state index contributed by atoms with van der Waals surface area (Å²) < 4.78 is 1.56. The van der Waals surface area contributed by atoms with E-state index in [-0.39, 0.29) is 11.6 Å². The summed E-state index contributed by atoms with van der Waals surface area (Å²) in [6, 6.07) is 17.4. The molecular formula is C21H20N4O3. The maximum Gasteiger partial charge on any atom is 0.280 e. The summed E-state index contributed by atoms with van der Waals surface area (Å²) in [5.74, 6) is -0.690. The van der Waals surface area contributed by atoms with Crippen LogP contribution in [0.1, 0.15) is 23.1 Å². The molecule has 1 heterocycles. The van der Waals surface area contributed by atoms with Crippen LogP contribution in [0.25, 0.3) is 5.69 Å². The van der Waals surface area contributed by atoms with E-state index in [1.807, 2.05) is 30.3 Å². The van der Waals surface area contributed by atoms with E-state index in [4.69, 9.17) is 0 Å². The van der Waals surface area contributed by atoms with Gasteiger partial charge < -0.3 is 10.2 Å². The molecule has 0 saturated heterocycles. The van der Waals surface area contributed by atoms with E-state index in [2.05, 4.69) is 10.4 Å². The molecule has 28 heavy (non-hydrogen) atoms. The van der Waals surface area contributed by atoms with Crippen LogP contribution < -0.4 is 15.6 Å². The van der Waals surface area contributed by atoms with Gasteiger partial charge in [0.15, 0.2) is 5.69 Å². The van der Waals surface area contributed by atoms with Crippen LogP contribution in [0.2, 0.25) is 0 Å². The molecule has 7 heteroatoms. The van der Waals surface area contributed by atoms with Crippen molar-refractivity contribution in [3.05, 3.63) is 82.3 Å². The molecule has 0 spiro atoms. The maximum absolute atomic E-state index is 12.6. The molecule has 3 aromatic rings. The summed E-state index contributed by atoms with van der Waals surface area (Å²) in [4.78, 5) is 37.8. The molecule has 0 aliphatic heterocycles.